The molecule has 0 atom stereocenters. The Hall–Kier alpha value is -3.03. The number of halogens is 1. The van der Waals surface area contributed by atoms with Crippen molar-refractivity contribution in [1.29, 1.82) is 0 Å². The SMILES string of the molecule is COc1ccc(S(=O)(=O)N(CC(=O)Nc2ccccc2)c2cccc(Cl)c2)cc1. The summed E-state index contributed by atoms with van der Waals surface area (Å²) in [6.07, 6.45) is 0. The first-order valence-corrected chi connectivity index (χ1v) is 10.5. The third kappa shape index (κ3) is 5.07. The average molecular weight is 431 g/mol. The number of para-hydroxylation sites is 1. The smallest absolute Gasteiger partial charge is 0.264 e. The molecule has 3 aromatic rings. The molecule has 0 heterocycles. The van der Waals surface area contributed by atoms with E-state index in [-0.39, 0.29) is 10.6 Å². The van der Waals surface area contributed by atoms with E-state index < -0.39 is 22.5 Å². The maximum absolute atomic E-state index is 13.3. The fraction of sp³-hybridized carbons (Fsp3) is 0.0952. The van der Waals surface area contributed by atoms with Crippen molar-refractivity contribution in [3.05, 3.63) is 83.9 Å². The number of carbonyl (C=O) groups is 1. The van der Waals surface area contributed by atoms with Gasteiger partial charge in [-0.3, -0.25) is 9.10 Å². The van der Waals surface area contributed by atoms with Gasteiger partial charge < -0.3 is 10.1 Å². The minimum atomic E-state index is -4.02. The van der Waals surface area contributed by atoms with Gasteiger partial charge in [-0.05, 0) is 54.6 Å². The molecule has 0 aliphatic rings. The Bertz CT molecular complexity index is 1090. The molecule has 3 aromatic carbocycles. The normalized spacial score (nSPS) is 11.0. The third-order valence-electron chi connectivity index (χ3n) is 4.09. The van der Waals surface area contributed by atoms with Crippen LogP contribution in [0.1, 0.15) is 0 Å². The number of hydrogen-bond donors (Lipinski definition) is 1. The van der Waals surface area contributed by atoms with Crippen molar-refractivity contribution < 1.29 is 17.9 Å². The van der Waals surface area contributed by atoms with Crippen LogP contribution < -0.4 is 14.4 Å². The van der Waals surface area contributed by atoms with Gasteiger partial charge in [-0.1, -0.05) is 35.9 Å². The van der Waals surface area contributed by atoms with E-state index in [1.165, 1.54) is 25.3 Å². The van der Waals surface area contributed by atoms with E-state index in [2.05, 4.69) is 5.32 Å². The van der Waals surface area contributed by atoms with E-state index in [1.54, 1.807) is 54.6 Å². The van der Waals surface area contributed by atoms with Crippen LogP contribution in [0.3, 0.4) is 0 Å². The van der Waals surface area contributed by atoms with Crippen LogP contribution in [-0.2, 0) is 14.8 Å². The number of sulfonamides is 1. The molecule has 3 rings (SSSR count). The summed E-state index contributed by atoms with van der Waals surface area (Å²) in [5, 5.41) is 3.06. The highest BCUT2D eigenvalue weighted by molar-refractivity contribution is 7.92. The maximum Gasteiger partial charge on any atom is 0.264 e. The van der Waals surface area contributed by atoms with E-state index >= 15 is 0 Å². The topological polar surface area (TPSA) is 75.7 Å². The van der Waals surface area contributed by atoms with Gasteiger partial charge in [0.05, 0.1) is 17.7 Å². The van der Waals surface area contributed by atoms with Crippen LogP contribution in [0.2, 0.25) is 5.02 Å². The van der Waals surface area contributed by atoms with Gasteiger partial charge in [0.15, 0.2) is 0 Å². The number of ether oxygens (including phenoxy) is 1. The molecular formula is C21H19ClN2O4S. The quantitative estimate of drug-likeness (QED) is 0.610. The van der Waals surface area contributed by atoms with E-state index in [4.69, 9.17) is 16.3 Å². The van der Waals surface area contributed by atoms with Crippen molar-refractivity contribution in [1.82, 2.24) is 0 Å². The molecule has 0 fully saturated rings. The fourth-order valence-corrected chi connectivity index (χ4v) is 4.27. The summed E-state index contributed by atoms with van der Waals surface area (Å²) in [7, 11) is -2.53. The van der Waals surface area contributed by atoms with Crippen LogP contribution in [0.25, 0.3) is 0 Å². The number of anilines is 2. The Morgan fingerprint density at radius 3 is 2.31 bits per heavy atom. The van der Waals surface area contributed by atoms with Crippen molar-refractivity contribution in [3.63, 3.8) is 0 Å². The Balaban J connectivity index is 1.95. The van der Waals surface area contributed by atoms with Gasteiger partial charge in [-0.25, -0.2) is 8.42 Å². The number of methoxy groups -OCH3 is 1. The number of benzene rings is 3. The van der Waals surface area contributed by atoms with Crippen LogP contribution in [0.4, 0.5) is 11.4 Å². The molecule has 29 heavy (non-hydrogen) atoms. The van der Waals surface area contributed by atoms with Crippen LogP contribution in [0.5, 0.6) is 5.75 Å². The zero-order valence-corrected chi connectivity index (χ0v) is 17.2. The molecule has 0 saturated heterocycles. The summed E-state index contributed by atoms with van der Waals surface area (Å²) >= 11 is 6.05. The lowest BCUT2D eigenvalue weighted by Crippen LogP contribution is -2.38. The molecule has 0 aromatic heterocycles. The Morgan fingerprint density at radius 2 is 1.69 bits per heavy atom. The number of rotatable bonds is 7. The van der Waals surface area contributed by atoms with Gasteiger partial charge in [-0.2, -0.15) is 0 Å². The second-order valence-corrected chi connectivity index (χ2v) is 8.38. The van der Waals surface area contributed by atoms with E-state index in [0.717, 1.165) is 4.31 Å². The second kappa shape index (κ2) is 8.98. The Labute approximate surface area is 174 Å². The number of nitrogens with one attached hydrogen (secondary N) is 1. The minimum Gasteiger partial charge on any atom is -0.497 e. The van der Waals surface area contributed by atoms with Crippen molar-refractivity contribution in [2.45, 2.75) is 4.90 Å². The van der Waals surface area contributed by atoms with E-state index in [0.29, 0.717) is 16.5 Å². The lowest BCUT2D eigenvalue weighted by molar-refractivity contribution is -0.114. The molecule has 6 nitrogen and oxygen atoms in total. The molecule has 1 amide bonds. The van der Waals surface area contributed by atoms with Crippen molar-refractivity contribution in [2.75, 3.05) is 23.3 Å². The fourth-order valence-electron chi connectivity index (χ4n) is 2.67. The molecule has 150 valence electrons. The number of amides is 1. The second-order valence-electron chi connectivity index (χ2n) is 6.08. The highest BCUT2D eigenvalue weighted by atomic mass is 35.5. The molecular weight excluding hydrogens is 412 g/mol. The first kappa shape index (κ1) is 20.7. The molecule has 8 heteroatoms. The Kier molecular flexibility index (Phi) is 6.41. The molecule has 0 bridgehead atoms. The molecule has 0 spiro atoms. The minimum absolute atomic E-state index is 0.0331. The standard InChI is InChI=1S/C21H19ClN2O4S/c1-28-19-10-12-20(13-11-19)29(26,27)24(18-9-5-6-16(22)14-18)15-21(25)23-17-7-3-2-4-8-17/h2-14H,15H2,1H3,(H,23,25). The van der Waals surface area contributed by atoms with Gasteiger partial charge in [0.2, 0.25) is 5.91 Å². The summed E-state index contributed by atoms with van der Waals surface area (Å²) in [5.74, 6) is 0.0494. The van der Waals surface area contributed by atoms with Crippen LogP contribution in [0.15, 0.2) is 83.8 Å². The van der Waals surface area contributed by atoms with Gasteiger partial charge in [0.1, 0.15) is 12.3 Å². The summed E-state index contributed by atoms with van der Waals surface area (Å²) in [6.45, 7) is -0.413. The highest BCUT2D eigenvalue weighted by Gasteiger charge is 2.27. The lowest BCUT2D eigenvalue weighted by Gasteiger charge is -2.24. The number of hydrogen-bond acceptors (Lipinski definition) is 4. The monoisotopic (exact) mass is 430 g/mol. The predicted molar refractivity (Wildman–Crippen MR) is 114 cm³/mol. The summed E-state index contributed by atoms with van der Waals surface area (Å²) in [5.41, 5.74) is 0.863. The highest BCUT2D eigenvalue weighted by Crippen LogP contribution is 2.27. The van der Waals surface area contributed by atoms with E-state index in [9.17, 15) is 13.2 Å². The van der Waals surface area contributed by atoms with Crippen molar-refractivity contribution in [2.24, 2.45) is 0 Å². The van der Waals surface area contributed by atoms with Gasteiger partial charge >= 0.3 is 0 Å². The van der Waals surface area contributed by atoms with Gasteiger partial charge in [-0.15, -0.1) is 0 Å². The zero-order chi connectivity index (χ0) is 20.9. The summed E-state index contributed by atoms with van der Waals surface area (Å²) in [6, 6.07) is 21.1. The van der Waals surface area contributed by atoms with Gasteiger partial charge in [0, 0.05) is 10.7 Å². The first-order valence-electron chi connectivity index (χ1n) is 8.67. The number of carbonyl (C=O) groups excluding carboxylic acids is 1. The zero-order valence-electron chi connectivity index (χ0n) is 15.6. The molecule has 0 saturated carbocycles. The van der Waals surface area contributed by atoms with Crippen molar-refractivity contribution in [3.8, 4) is 5.75 Å². The molecule has 0 radical (unpaired) electrons. The van der Waals surface area contributed by atoms with Crippen LogP contribution in [0, 0.1) is 0 Å². The summed E-state index contributed by atoms with van der Waals surface area (Å²) in [4.78, 5) is 12.6. The third-order valence-corrected chi connectivity index (χ3v) is 6.11. The maximum atomic E-state index is 13.3. The summed E-state index contributed by atoms with van der Waals surface area (Å²) < 4.78 is 32.7. The molecule has 0 aliphatic heterocycles. The van der Waals surface area contributed by atoms with Crippen LogP contribution in [-0.4, -0.2) is 28.0 Å². The number of nitrogens with zero attached hydrogens (tertiary/aromatic N) is 1. The first-order chi connectivity index (χ1) is 13.9. The molecule has 0 aliphatic carbocycles. The lowest BCUT2D eigenvalue weighted by atomic mass is 10.3. The van der Waals surface area contributed by atoms with Crippen molar-refractivity contribution >= 4 is 38.9 Å². The van der Waals surface area contributed by atoms with E-state index in [1.807, 2.05) is 6.07 Å². The largest absolute Gasteiger partial charge is 0.497 e. The van der Waals surface area contributed by atoms with Crippen LogP contribution >= 0.6 is 11.6 Å². The molecule has 1 N–H and O–H groups in total. The average Bonchev–Trinajstić information content (AvgIpc) is 2.72. The predicted octanol–water partition coefficient (Wildman–Crippen LogP) is 4.18. The molecule has 0 unspecified atom stereocenters. The van der Waals surface area contributed by atoms with Gasteiger partial charge in [0.25, 0.3) is 10.0 Å². The Morgan fingerprint density at radius 1 is 1.00 bits per heavy atom.